The minimum absolute atomic E-state index is 0.235. The van der Waals surface area contributed by atoms with Gasteiger partial charge >= 0.3 is 0 Å². The summed E-state index contributed by atoms with van der Waals surface area (Å²) < 4.78 is 0. The molecule has 1 aliphatic heterocycles. The van der Waals surface area contributed by atoms with Crippen LogP contribution in [0.25, 0.3) is 11.3 Å². The maximum atomic E-state index is 6.34. The normalized spacial score (nSPS) is 16.0. The zero-order chi connectivity index (χ0) is 15.7. The van der Waals surface area contributed by atoms with Crippen LogP contribution in [-0.2, 0) is 0 Å². The molecule has 1 aromatic heterocycles. The average Bonchev–Trinajstić information content (AvgIpc) is 2.48. The number of halogens is 2. The molecule has 7 heteroatoms. The first-order valence-electron chi connectivity index (χ1n) is 7.06. The Balaban J connectivity index is 2.04. The van der Waals surface area contributed by atoms with Crippen LogP contribution in [-0.4, -0.2) is 48.1 Å². The van der Waals surface area contributed by atoms with Gasteiger partial charge in [0.2, 0.25) is 5.95 Å². The van der Waals surface area contributed by atoms with Crippen LogP contribution in [0.2, 0.25) is 10.0 Å². The molecule has 0 aliphatic carbocycles. The summed E-state index contributed by atoms with van der Waals surface area (Å²) in [5.74, 6) is 0.235. The molecule has 0 amide bonds. The summed E-state index contributed by atoms with van der Waals surface area (Å²) in [6.07, 6.45) is 1.77. The summed E-state index contributed by atoms with van der Waals surface area (Å²) in [6.45, 7) is 3.83. The van der Waals surface area contributed by atoms with Crippen molar-refractivity contribution in [1.29, 1.82) is 0 Å². The van der Waals surface area contributed by atoms with Gasteiger partial charge in [-0.25, -0.2) is 9.97 Å². The molecule has 5 nitrogen and oxygen atoms in total. The highest BCUT2D eigenvalue weighted by Gasteiger charge is 2.20. The van der Waals surface area contributed by atoms with E-state index in [4.69, 9.17) is 28.9 Å². The molecule has 2 N–H and O–H groups in total. The number of likely N-dealkylation sites (N-methyl/N-ethyl adjacent to an activating group) is 1. The van der Waals surface area contributed by atoms with Crippen molar-refractivity contribution in [3.63, 3.8) is 0 Å². The number of piperazine rings is 1. The molecule has 3 rings (SSSR count). The maximum absolute atomic E-state index is 6.34. The fourth-order valence-electron chi connectivity index (χ4n) is 2.55. The minimum Gasteiger partial charge on any atom is -0.368 e. The van der Waals surface area contributed by atoms with Gasteiger partial charge in [-0.3, -0.25) is 0 Å². The third-order valence-corrected chi connectivity index (χ3v) is 4.37. The van der Waals surface area contributed by atoms with Gasteiger partial charge in [0.25, 0.3) is 0 Å². The van der Waals surface area contributed by atoms with Gasteiger partial charge in [0.05, 0.1) is 16.9 Å². The van der Waals surface area contributed by atoms with Gasteiger partial charge in [-0.1, -0.05) is 23.2 Å². The van der Waals surface area contributed by atoms with Crippen molar-refractivity contribution in [2.75, 3.05) is 43.9 Å². The van der Waals surface area contributed by atoms with Crippen LogP contribution in [0.15, 0.2) is 24.4 Å². The second kappa shape index (κ2) is 6.28. The molecule has 116 valence electrons. The summed E-state index contributed by atoms with van der Waals surface area (Å²) in [6, 6.07) is 5.38. The molecule has 1 fully saturated rings. The summed E-state index contributed by atoms with van der Waals surface area (Å²) >= 11 is 12.3. The molecule has 1 aliphatic rings. The minimum atomic E-state index is 0.235. The number of nitrogen functional groups attached to an aromatic ring is 1. The molecule has 2 aromatic rings. The van der Waals surface area contributed by atoms with Crippen LogP contribution in [0.5, 0.6) is 0 Å². The molecular weight excluding hydrogens is 321 g/mol. The molecule has 0 unspecified atom stereocenters. The standard InChI is InChI=1S/C15H17Cl2N5/c1-21-4-6-22(7-5-21)13-9-19-15(18)20-14(13)11-3-2-10(16)8-12(11)17/h2-3,8-9H,4-7H2,1H3,(H2,18,19,20). The summed E-state index contributed by atoms with van der Waals surface area (Å²) in [5, 5.41) is 1.15. The van der Waals surface area contributed by atoms with E-state index in [2.05, 4.69) is 26.8 Å². The second-order valence-electron chi connectivity index (χ2n) is 5.38. The number of hydrogen-bond acceptors (Lipinski definition) is 5. The van der Waals surface area contributed by atoms with Crippen LogP contribution in [0.3, 0.4) is 0 Å². The lowest BCUT2D eigenvalue weighted by atomic mass is 10.1. The molecule has 0 radical (unpaired) electrons. The van der Waals surface area contributed by atoms with Gasteiger partial charge in [-0.05, 0) is 25.2 Å². The largest absolute Gasteiger partial charge is 0.368 e. The first kappa shape index (κ1) is 15.3. The fourth-order valence-corrected chi connectivity index (χ4v) is 3.05. The van der Waals surface area contributed by atoms with E-state index in [9.17, 15) is 0 Å². The maximum Gasteiger partial charge on any atom is 0.220 e. The average molecular weight is 338 g/mol. The van der Waals surface area contributed by atoms with Crippen molar-refractivity contribution >= 4 is 34.8 Å². The molecule has 0 saturated carbocycles. The lowest BCUT2D eigenvalue weighted by Crippen LogP contribution is -2.44. The Labute approximate surface area is 139 Å². The molecule has 0 bridgehead atoms. The predicted molar refractivity (Wildman–Crippen MR) is 91.6 cm³/mol. The quantitative estimate of drug-likeness (QED) is 0.912. The van der Waals surface area contributed by atoms with Crippen molar-refractivity contribution in [2.24, 2.45) is 0 Å². The Morgan fingerprint density at radius 1 is 1.14 bits per heavy atom. The Bertz CT molecular complexity index is 684. The van der Waals surface area contributed by atoms with E-state index >= 15 is 0 Å². The Morgan fingerprint density at radius 2 is 1.86 bits per heavy atom. The number of rotatable bonds is 2. The fraction of sp³-hybridized carbons (Fsp3) is 0.333. The highest BCUT2D eigenvalue weighted by molar-refractivity contribution is 6.36. The molecule has 22 heavy (non-hydrogen) atoms. The van der Waals surface area contributed by atoms with Crippen molar-refractivity contribution in [3.8, 4) is 11.3 Å². The third kappa shape index (κ3) is 3.11. The van der Waals surface area contributed by atoms with E-state index in [0.29, 0.717) is 10.0 Å². The SMILES string of the molecule is CN1CCN(c2cnc(N)nc2-c2ccc(Cl)cc2Cl)CC1. The summed E-state index contributed by atoms with van der Waals surface area (Å²) in [5.41, 5.74) is 8.29. The number of anilines is 2. The highest BCUT2D eigenvalue weighted by atomic mass is 35.5. The topological polar surface area (TPSA) is 58.3 Å². The monoisotopic (exact) mass is 337 g/mol. The molecule has 1 saturated heterocycles. The van der Waals surface area contributed by atoms with Gasteiger partial charge in [-0.2, -0.15) is 0 Å². The highest BCUT2D eigenvalue weighted by Crippen LogP contribution is 2.35. The van der Waals surface area contributed by atoms with Crippen molar-refractivity contribution in [1.82, 2.24) is 14.9 Å². The third-order valence-electron chi connectivity index (χ3n) is 3.82. The second-order valence-corrected chi connectivity index (χ2v) is 6.22. The molecule has 0 spiro atoms. The van der Waals surface area contributed by atoms with Gasteiger partial charge in [0, 0.05) is 36.8 Å². The van der Waals surface area contributed by atoms with E-state index in [1.54, 1.807) is 18.3 Å². The Hall–Kier alpha value is -1.56. The predicted octanol–water partition coefficient (Wildman–Crippen LogP) is 2.78. The van der Waals surface area contributed by atoms with Gasteiger partial charge in [0.15, 0.2) is 0 Å². The smallest absolute Gasteiger partial charge is 0.220 e. The van der Waals surface area contributed by atoms with Gasteiger partial charge in [0.1, 0.15) is 5.69 Å². The van der Waals surface area contributed by atoms with Gasteiger partial charge in [-0.15, -0.1) is 0 Å². The first-order valence-corrected chi connectivity index (χ1v) is 7.81. The number of benzene rings is 1. The van der Waals surface area contributed by atoms with E-state index in [1.807, 2.05) is 6.07 Å². The Kier molecular flexibility index (Phi) is 4.38. The van der Waals surface area contributed by atoms with Crippen molar-refractivity contribution < 1.29 is 0 Å². The summed E-state index contributed by atoms with van der Waals surface area (Å²) in [7, 11) is 2.12. The summed E-state index contributed by atoms with van der Waals surface area (Å²) in [4.78, 5) is 13.1. The zero-order valence-electron chi connectivity index (χ0n) is 12.3. The van der Waals surface area contributed by atoms with E-state index in [0.717, 1.165) is 43.1 Å². The molecule has 1 aromatic carbocycles. The zero-order valence-corrected chi connectivity index (χ0v) is 13.8. The lowest BCUT2D eigenvalue weighted by Gasteiger charge is -2.34. The van der Waals surface area contributed by atoms with Crippen molar-refractivity contribution in [2.45, 2.75) is 0 Å². The number of aromatic nitrogens is 2. The number of hydrogen-bond donors (Lipinski definition) is 1. The van der Waals surface area contributed by atoms with E-state index in [-0.39, 0.29) is 5.95 Å². The van der Waals surface area contributed by atoms with Crippen molar-refractivity contribution in [3.05, 3.63) is 34.4 Å². The van der Waals surface area contributed by atoms with Crippen LogP contribution in [0.1, 0.15) is 0 Å². The van der Waals surface area contributed by atoms with Crippen LogP contribution in [0, 0.1) is 0 Å². The number of nitrogens with two attached hydrogens (primary N) is 1. The van der Waals surface area contributed by atoms with Crippen LogP contribution < -0.4 is 10.6 Å². The Morgan fingerprint density at radius 3 is 2.55 bits per heavy atom. The lowest BCUT2D eigenvalue weighted by molar-refractivity contribution is 0.313. The van der Waals surface area contributed by atoms with E-state index < -0.39 is 0 Å². The number of nitrogens with zero attached hydrogens (tertiary/aromatic N) is 4. The van der Waals surface area contributed by atoms with Crippen LogP contribution in [0.4, 0.5) is 11.6 Å². The molecule has 2 heterocycles. The molecule has 0 atom stereocenters. The van der Waals surface area contributed by atoms with E-state index in [1.165, 1.54) is 0 Å². The molecular formula is C15H17Cl2N5. The van der Waals surface area contributed by atoms with Gasteiger partial charge < -0.3 is 15.5 Å². The first-order chi connectivity index (χ1) is 10.5. The van der Waals surface area contributed by atoms with Crippen LogP contribution >= 0.6 is 23.2 Å².